The number of hydrogen-bond donors (Lipinski definition) is 1. The monoisotopic (exact) mass is 210 g/mol. The molecule has 4 nitrogen and oxygen atoms in total. The summed E-state index contributed by atoms with van der Waals surface area (Å²) < 4.78 is 8.14. The molecule has 0 atom stereocenters. The van der Waals surface area contributed by atoms with Crippen molar-refractivity contribution in [2.24, 2.45) is 0 Å². The predicted octanol–water partition coefficient (Wildman–Crippen LogP) is 0.733. The van der Waals surface area contributed by atoms with Crippen LogP contribution in [0.3, 0.4) is 0 Å². The summed E-state index contributed by atoms with van der Waals surface area (Å²) in [4.78, 5) is 9.46. The molecule has 0 aliphatic heterocycles. The molecule has 0 bridgehead atoms. The van der Waals surface area contributed by atoms with Crippen LogP contribution in [-0.4, -0.2) is 25.2 Å². The standard InChI is InChI=1S/C3H6O4.CH3.Y/c1-6-2-7-3(4)5;;/h2H2,1H3,(H,4,5);1H3;/q;-1;. The maximum Gasteiger partial charge on any atom is 0.507 e. The van der Waals surface area contributed by atoms with Crippen molar-refractivity contribution >= 4 is 6.16 Å². The second-order valence-corrected chi connectivity index (χ2v) is 0.817. The van der Waals surface area contributed by atoms with Gasteiger partial charge in [0.1, 0.15) is 0 Å². The Labute approximate surface area is 79.4 Å². The molecule has 1 N–H and O–H groups in total. The van der Waals surface area contributed by atoms with E-state index in [0.717, 1.165) is 0 Å². The van der Waals surface area contributed by atoms with Crippen molar-refractivity contribution in [2.45, 2.75) is 0 Å². The van der Waals surface area contributed by atoms with Gasteiger partial charge in [-0.05, 0) is 0 Å². The first kappa shape index (κ1) is 16.2. The van der Waals surface area contributed by atoms with E-state index in [1.54, 1.807) is 0 Å². The SMILES string of the molecule is COCOC(=O)O.[CH3-].[Y]. The van der Waals surface area contributed by atoms with Gasteiger partial charge >= 0.3 is 6.16 Å². The third-order valence-electron chi connectivity index (χ3n) is 0.300. The number of carboxylic acid groups (broad SMARTS) is 1. The number of hydrogen-bond acceptors (Lipinski definition) is 3. The molecule has 5 heteroatoms. The molecule has 0 amide bonds. The molecule has 53 valence electrons. The van der Waals surface area contributed by atoms with Gasteiger partial charge in [0.25, 0.3) is 0 Å². The van der Waals surface area contributed by atoms with Crippen LogP contribution in [0.4, 0.5) is 4.79 Å². The summed E-state index contributed by atoms with van der Waals surface area (Å²) in [6, 6.07) is 0. The summed E-state index contributed by atoms with van der Waals surface area (Å²) in [5.41, 5.74) is 0. The van der Waals surface area contributed by atoms with E-state index in [-0.39, 0.29) is 46.9 Å². The fourth-order valence-electron chi connectivity index (χ4n) is 0.109. The minimum Gasteiger partial charge on any atom is -0.450 e. The van der Waals surface area contributed by atoms with Gasteiger partial charge in [0.15, 0.2) is 6.79 Å². The first-order valence-corrected chi connectivity index (χ1v) is 1.62. The van der Waals surface area contributed by atoms with Crippen LogP contribution in [0.2, 0.25) is 0 Å². The summed E-state index contributed by atoms with van der Waals surface area (Å²) in [5.74, 6) is 0. The summed E-state index contributed by atoms with van der Waals surface area (Å²) in [6.07, 6.45) is -1.32. The molecule has 0 heterocycles. The van der Waals surface area contributed by atoms with E-state index >= 15 is 0 Å². The molecule has 0 fully saturated rings. The molecular weight excluding hydrogens is 201 g/mol. The average Bonchev–Trinajstić information content (AvgIpc) is 1.61. The van der Waals surface area contributed by atoms with Gasteiger partial charge in [-0.1, -0.05) is 0 Å². The van der Waals surface area contributed by atoms with Crippen molar-refractivity contribution in [3.05, 3.63) is 7.43 Å². The molecular formula is C4H9O4Y-. The number of methoxy groups -OCH3 is 1. The Balaban J connectivity index is -0.000000180. The van der Waals surface area contributed by atoms with Crippen molar-refractivity contribution in [2.75, 3.05) is 13.9 Å². The largest absolute Gasteiger partial charge is 0.507 e. The van der Waals surface area contributed by atoms with Gasteiger partial charge in [-0.3, -0.25) is 0 Å². The van der Waals surface area contributed by atoms with E-state index < -0.39 is 6.16 Å². The fourth-order valence-corrected chi connectivity index (χ4v) is 0.109. The van der Waals surface area contributed by atoms with Crippen LogP contribution in [0, 0.1) is 7.43 Å². The van der Waals surface area contributed by atoms with E-state index in [1.165, 1.54) is 7.11 Å². The normalized spacial score (nSPS) is 6.33. The van der Waals surface area contributed by atoms with Gasteiger partial charge in [0.05, 0.1) is 0 Å². The Morgan fingerprint density at radius 1 is 1.67 bits per heavy atom. The van der Waals surface area contributed by atoms with Gasteiger partial charge in [0, 0.05) is 39.8 Å². The van der Waals surface area contributed by atoms with E-state index in [0.29, 0.717) is 0 Å². The second kappa shape index (κ2) is 11.2. The summed E-state index contributed by atoms with van der Waals surface area (Å²) in [5, 5.41) is 7.74. The van der Waals surface area contributed by atoms with Gasteiger partial charge in [0.2, 0.25) is 0 Å². The van der Waals surface area contributed by atoms with Crippen LogP contribution < -0.4 is 0 Å². The van der Waals surface area contributed by atoms with Crippen LogP contribution in [0.25, 0.3) is 0 Å². The molecule has 0 aromatic rings. The molecule has 0 rings (SSSR count). The van der Waals surface area contributed by atoms with E-state index in [4.69, 9.17) is 5.11 Å². The van der Waals surface area contributed by atoms with E-state index in [1.807, 2.05) is 0 Å². The number of carbonyl (C=O) groups is 1. The molecule has 0 aliphatic rings. The maximum absolute atomic E-state index is 9.46. The Kier molecular flexibility index (Phi) is 20.1. The molecule has 0 aromatic heterocycles. The van der Waals surface area contributed by atoms with E-state index in [2.05, 4.69) is 9.47 Å². The molecule has 9 heavy (non-hydrogen) atoms. The molecule has 0 unspecified atom stereocenters. The quantitative estimate of drug-likeness (QED) is 0.414. The molecule has 1 radical (unpaired) electrons. The minimum absolute atomic E-state index is 0. The molecule has 0 aromatic carbocycles. The topological polar surface area (TPSA) is 55.8 Å². The average molecular weight is 210 g/mol. The fraction of sp³-hybridized carbons (Fsp3) is 0.500. The number of rotatable bonds is 2. The second-order valence-electron chi connectivity index (χ2n) is 0.817. The van der Waals surface area contributed by atoms with Crippen LogP contribution in [0.15, 0.2) is 0 Å². The first-order valence-electron chi connectivity index (χ1n) is 1.62. The zero-order valence-corrected chi connectivity index (χ0v) is 8.29. The first-order chi connectivity index (χ1) is 3.27. The zero-order chi connectivity index (χ0) is 5.70. The summed E-state index contributed by atoms with van der Waals surface area (Å²) in [7, 11) is 1.35. The molecule has 0 spiro atoms. The van der Waals surface area contributed by atoms with Crippen LogP contribution in [0.5, 0.6) is 0 Å². The smallest absolute Gasteiger partial charge is 0.450 e. The Morgan fingerprint density at radius 2 is 2.11 bits per heavy atom. The molecule has 0 saturated carbocycles. The Bertz CT molecular complexity index is 65.6. The molecule has 0 saturated heterocycles. The predicted molar refractivity (Wildman–Crippen MR) is 27.4 cm³/mol. The van der Waals surface area contributed by atoms with Gasteiger partial charge in [-0.15, -0.1) is 0 Å². The Morgan fingerprint density at radius 3 is 2.22 bits per heavy atom. The minimum atomic E-state index is -1.32. The van der Waals surface area contributed by atoms with Gasteiger partial charge in [-0.25, -0.2) is 4.79 Å². The van der Waals surface area contributed by atoms with Gasteiger partial charge in [-0.2, -0.15) is 0 Å². The summed E-state index contributed by atoms with van der Waals surface area (Å²) in [6.45, 7) is -0.199. The van der Waals surface area contributed by atoms with Gasteiger partial charge < -0.3 is 22.0 Å². The number of ether oxygens (including phenoxy) is 2. The Hall–Kier alpha value is 0.334. The third kappa shape index (κ3) is 17.8. The third-order valence-corrected chi connectivity index (χ3v) is 0.300. The summed E-state index contributed by atoms with van der Waals surface area (Å²) >= 11 is 0. The zero-order valence-electron chi connectivity index (χ0n) is 5.46. The van der Waals surface area contributed by atoms with Crippen molar-refractivity contribution in [1.29, 1.82) is 0 Å². The van der Waals surface area contributed by atoms with E-state index in [9.17, 15) is 4.79 Å². The van der Waals surface area contributed by atoms with Crippen LogP contribution in [0.1, 0.15) is 0 Å². The van der Waals surface area contributed by atoms with Crippen LogP contribution >= 0.6 is 0 Å². The van der Waals surface area contributed by atoms with Crippen LogP contribution in [-0.2, 0) is 42.2 Å². The van der Waals surface area contributed by atoms with Crippen molar-refractivity contribution in [3.63, 3.8) is 0 Å². The molecule has 0 aliphatic carbocycles. The maximum atomic E-state index is 9.46. The van der Waals surface area contributed by atoms with Crippen molar-refractivity contribution in [1.82, 2.24) is 0 Å². The van der Waals surface area contributed by atoms with Crippen molar-refractivity contribution < 1.29 is 52.1 Å². The van der Waals surface area contributed by atoms with Crippen molar-refractivity contribution in [3.8, 4) is 0 Å².